The Labute approximate surface area is 108 Å². The molecule has 2 heteroatoms. The quantitative estimate of drug-likeness (QED) is 0.865. The lowest BCUT2D eigenvalue weighted by Crippen LogP contribution is -2.10. The lowest BCUT2D eigenvalue weighted by molar-refractivity contribution is 0.630. The predicted octanol–water partition coefficient (Wildman–Crippen LogP) is 3.56. The summed E-state index contributed by atoms with van der Waals surface area (Å²) >= 11 is 0. The fourth-order valence-corrected chi connectivity index (χ4v) is 2.02. The van der Waals surface area contributed by atoms with Gasteiger partial charge in [0.25, 0.3) is 0 Å². The predicted molar refractivity (Wildman–Crippen MR) is 74.2 cm³/mol. The van der Waals surface area contributed by atoms with E-state index in [4.69, 9.17) is 0 Å². The van der Waals surface area contributed by atoms with E-state index < -0.39 is 0 Å². The summed E-state index contributed by atoms with van der Waals surface area (Å²) in [6.45, 7) is 2.83. The molecule has 2 aromatic rings. The zero-order valence-corrected chi connectivity index (χ0v) is 10.8. The third-order valence-electron chi connectivity index (χ3n) is 3.03. The van der Waals surface area contributed by atoms with Crippen LogP contribution in [-0.2, 0) is 6.42 Å². The first-order valence-electron chi connectivity index (χ1n) is 6.21. The van der Waals surface area contributed by atoms with Crippen molar-refractivity contribution in [3.63, 3.8) is 0 Å². The van der Waals surface area contributed by atoms with Gasteiger partial charge >= 0.3 is 0 Å². The van der Waals surface area contributed by atoms with Crippen molar-refractivity contribution in [1.29, 1.82) is 0 Å². The molecule has 0 bridgehead atoms. The molecule has 1 N–H and O–H groups in total. The molecule has 0 spiro atoms. The summed E-state index contributed by atoms with van der Waals surface area (Å²) in [6.07, 6.45) is 0.956. The summed E-state index contributed by atoms with van der Waals surface area (Å²) in [5, 5.41) is 3.12. The minimum absolute atomic E-state index is 0.152. The maximum Gasteiger partial charge on any atom is 0.131 e. The van der Waals surface area contributed by atoms with Crippen molar-refractivity contribution in [2.75, 3.05) is 13.6 Å². The number of nitrogens with one attached hydrogen (secondary N) is 1. The monoisotopic (exact) mass is 243 g/mol. The molecule has 0 fully saturated rings. The Hall–Kier alpha value is -1.67. The largest absolute Gasteiger partial charge is 0.319 e. The highest BCUT2D eigenvalue weighted by Gasteiger charge is 2.05. The van der Waals surface area contributed by atoms with E-state index in [9.17, 15) is 4.39 Å². The second-order valence-electron chi connectivity index (χ2n) is 4.54. The molecule has 0 amide bonds. The lowest BCUT2D eigenvalue weighted by Gasteiger charge is -2.07. The third-order valence-corrected chi connectivity index (χ3v) is 3.03. The number of halogens is 1. The minimum Gasteiger partial charge on any atom is -0.319 e. The fraction of sp³-hybridized carbons (Fsp3) is 0.250. The van der Waals surface area contributed by atoms with Gasteiger partial charge in [-0.2, -0.15) is 0 Å². The first-order valence-corrected chi connectivity index (χ1v) is 6.21. The molecule has 0 heterocycles. The third kappa shape index (κ3) is 2.96. The Morgan fingerprint density at radius 3 is 2.67 bits per heavy atom. The maximum atomic E-state index is 13.9. The van der Waals surface area contributed by atoms with Crippen LogP contribution in [0.3, 0.4) is 0 Å². The van der Waals surface area contributed by atoms with Gasteiger partial charge in [-0.25, -0.2) is 4.39 Å². The van der Waals surface area contributed by atoms with Gasteiger partial charge < -0.3 is 5.32 Å². The van der Waals surface area contributed by atoms with Gasteiger partial charge in [0.2, 0.25) is 0 Å². The minimum atomic E-state index is -0.152. The summed E-state index contributed by atoms with van der Waals surface area (Å²) in [5.41, 5.74) is 3.79. The van der Waals surface area contributed by atoms with Crippen LogP contribution in [0.5, 0.6) is 0 Å². The molecular weight excluding hydrogens is 225 g/mol. The van der Waals surface area contributed by atoms with Crippen LogP contribution in [0.1, 0.15) is 11.1 Å². The summed E-state index contributed by atoms with van der Waals surface area (Å²) in [4.78, 5) is 0. The highest BCUT2D eigenvalue weighted by Crippen LogP contribution is 2.24. The van der Waals surface area contributed by atoms with Crippen molar-refractivity contribution < 1.29 is 4.39 Å². The Kier molecular flexibility index (Phi) is 4.11. The number of rotatable bonds is 4. The van der Waals surface area contributed by atoms with Crippen LogP contribution in [0.2, 0.25) is 0 Å². The van der Waals surface area contributed by atoms with E-state index in [0.29, 0.717) is 5.56 Å². The molecule has 1 nitrogen and oxygen atoms in total. The topological polar surface area (TPSA) is 12.0 Å². The number of hydrogen-bond donors (Lipinski definition) is 1. The Balaban J connectivity index is 2.32. The van der Waals surface area contributed by atoms with Gasteiger partial charge in [0.1, 0.15) is 5.82 Å². The van der Waals surface area contributed by atoms with Crippen molar-refractivity contribution in [2.24, 2.45) is 0 Å². The Bertz CT molecular complexity index is 534. The van der Waals surface area contributed by atoms with E-state index in [0.717, 1.165) is 24.1 Å². The van der Waals surface area contributed by atoms with E-state index in [1.54, 1.807) is 6.07 Å². The van der Waals surface area contributed by atoms with Gasteiger partial charge in [-0.15, -0.1) is 0 Å². The van der Waals surface area contributed by atoms with Crippen LogP contribution in [0.15, 0.2) is 42.5 Å². The van der Waals surface area contributed by atoms with Crippen molar-refractivity contribution in [2.45, 2.75) is 13.3 Å². The summed E-state index contributed by atoms with van der Waals surface area (Å²) in [6, 6.07) is 13.4. The summed E-state index contributed by atoms with van der Waals surface area (Å²) in [5.74, 6) is -0.152. The van der Waals surface area contributed by atoms with Gasteiger partial charge in [-0.05, 0) is 49.7 Å². The van der Waals surface area contributed by atoms with Gasteiger partial charge in [0.15, 0.2) is 0 Å². The number of likely N-dealkylation sites (N-methyl/N-ethyl adjacent to an activating group) is 1. The van der Waals surface area contributed by atoms with Crippen LogP contribution in [-0.4, -0.2) is 13.6 Å². The van der Waals surface area contributed by atoms with Gasteiger partial charge in [-0.3, -0.25) is 0 Å². The maximum absolute atomic E-state index is 13.9. The fourth-order valence-electron chi connectivity index (χ4n) is 2.02. The van der Waals surface area contributed by atoms with Crippen LogP contribution in [0.25, 0.3) is 11.1 Å². The van der Waals surface area contributed by atoms with E-state index in [1.807, 2.05) is 38.2 Å². The van der Waals surface area contributed by atoms with Crippen LogP contribution >= 0.6 is 0 Å². The molecule has 0 aliphatic carbocycles. The van der Waals surface area contributed by atoms with Gasteiger partial charge in [-0.1, -0.05) is 36.4 Å². The molecule has 0 aliphatic rings. The van der Waals surface area contributed by atoms with E-state index in [-0.39, 0.29) is 5.82 Å². The highest BCUT2D eigenvalue weighted by molar-refractivity contribution is 5.65. The first-order chi connectivity index (χ1) is 8.70. The SMILES string of the molecule is CNCCc1cccc(-c2ccc(C)cc2F)c1. The molecule has 2 rings (SSSR count). The second kappa shape index (κ2) is 5.78. The molecule has 0 radical (unpaired) electrons. The normalized spacial score (nSPS) is 10.6. The zero-order chi connectivity index (χ0) is 13.0. The molecule has 0 saturated carbocycles. The molecule has 18 heavy (non-hydrogen) atoms. The molecule has 0 atom stereocenters. The van der Waals surface area contributed by atoms with Crippen LogP contribution in [0.4, 0.5) is 4.39 Å². The lowest BCUT2D eigenvalue weighted by atomic mass is 10.0. The van der Waals surface area contributed by atoms with Crippen molar-refractivity contribution in [3.05, 3.63) is 59.4 Å². The molecule has 94 valence electrons. The molecule has 0 aromatic heterocycles. The van der Waals surface area contributed by atoms with Gasteiger partial charge in [0.05, 0.1) is 0 Å². The summed E-state index contributed by atoms with van der Waals surface area (Å²) in [7, 11) is 1.93. The smallest absolute Gasteiger partial charge is 0.131 e. The molecular formula is C16H18FN. The van der Waals surface area contributed by atoms with E-state index in [1.165, 1.54) is 5.56 Å². The zero-order valence-electron chi connectivity index (χ0n) is 10.8. The van der Waals surface area contributed by atoms with Crippen molar-refractivity contribution >= 4 is 0 Å². The Morgan fingerprint density at radius 2 is 1.94 bits per heavy atom. The van der Waals surface area contributed by atoms with Crippen LogP contribution in [0, 0.1) is 12.7 Å². The molecule has 2 aromatic carbocycles. The second-order valence-corrected chi connectivity index (χ2v) is 4.54. The average Bonchev–Trinajstić information content (AvgIpc) is 2.36. The van der Waals surface area contributed by atoms with E-state index >= 15 is 0 Å². The van der Waals surface area contributed by atoms with Crippen LogP contribution < -0.4 is 5.32 Å². The Morgan fingerprint density at radius 1 is 1.11 bits per heavy atom. The molecule has 0 aliphatic heterocycles. The average molecular weight is 243 g/mol. The van der Waals surface area contributed by atoms with Crippen molar-refractivity contribution in [1.82, 2.24) is 5.32 Å². The number of hydrogen-bond acceptors (Lipinski definition) is 1. The summed E-state index contributed by atoms with van der Waals surface area (Å²) < 4.78 is 13.9. The highest BCUT2D eigenvalue weighted by atomic mass is 19.1. The number of aryl methyl sites for hydroxylation is 1. The number of benzene rings is 2. The standard InChI is InChI=1S/C16H18FN/c1-12-6-7-15(16(17)10-12)14-5-3-4-13(11-14)8-9-18-2/h3-7,10-11,18H,8-9H2,1-2H3. The van der Waals surface area contributed by atoms with E-state index in [2.05, 4.69) is 17.4 Å². The first kappa shape index (κ1) is 12.8. The van der Waals surface area contributed by atoms with Crippen molar-refractivity contribution in [3.8, 4) is 11.1 Å². The molecule has 0 saturated heterocycles. The molecule has 0 unspecified atom stereocenters. The van der Waals surface area contributed by atoms with Gasteiger partial charge in [0, 0.05) is 5.56 Å².